The van der Waals surface area contributed by atoms with E-state index in [9.17, 15) is 18.0 Å². The van der Waals surface area contributed by atoms with Crippen molar-refractivity contribution in [1.82, 2.24) is 15.0 Å². The Morgan fingerprint density at radius 3 is 2.75 bits per heavy atom. The van der Waals surface area contributed by atoms with E-state index in [1.54, 1.807) is 24.4 Å². The van der Waals surface area contributed by atoms with E-state index < -0.39 is 16.8 Å². The molecule has 4 N–H and O–H groups in total. The molecule has 1 saturated carbocycles. The number of nitrogens with zero attached hydrogens (tertiary/aromatic N) is 2. The van der Waals surface area contributed by atoms with Crippen molar-refractivity contribution in [2.24, 2.45) is 0 Å². The van der Waals surface area contributed by atoms with Crippen molar-refractivity contribution in [3.05, 3.63) is 70.1 Å². The first-order valence-electron chi connectivity index (χ1n) is 11.2. The van der Waals surface area contributed by atoms with Gasteiger partial charge in [0, 0.05) is 36.1 Å². The van der Waals surface area contributed by atoms with Crippen molar-refractivity contribution in [2.75, 3.05) is 5.32 Å². The summed E-state index contributed by atoms with van der Waals surface area (Å²) in [7, 11) is 0. The fourth-order valence-corrected chi connectivity index (χ4v) is 4.94. The Labute approximate surface area is 207 Å². The molecule has 0 radical (unpaired) electrons. The van der Waals surface area contributed by atoms with Crippen LogP contribution >= 0.6 is 11.6 Å². The number of hydrogen-bond donors (Lipinski definition) is 2. The number of carbonyl (C=O) groups excluding carboxylic acids is 1. The standard InChI is InChI=1S/C25H18ClF3N4O3/c26-17-10-19-18(9-16(17)25(27,28)29)31-24(32-19)15-8-13(15)14-7-11(1-3-20(14)34)36-21-5-6-30-23-12(21)2-4-22(35)33-23/h1,3,5-7,9-10,13,15,34H,2,4,8H2,(H,31,32)(H,30,33,35)/p+1/t13-,15+/m1/s1. The van der Waals surface area contributed by atoms with Crippen LogP contribution in [0.25, 0.3) is 11.0 Å². The number of hydrogen-bond acceptors (Lipinski definition) is 4. The molecule has 6 rings (SSSR count). The fraction of sp³-hybridized carbons (Fsp3) is 0.240. The maximum absolute atomic E-state index is 13.2. The normalized spacial score (nSPS) is 19.2. The zero-order chi connectivity index (χ0) is 25.2. The van der Waals surface area contributed by atoms with Gasteiger partial charge in [-0.1, -0.05) is 11.6 Å². The number of benzene rings is 2. The number of halogens is 4. The van der Waals surface area contributed by atoms with Crippen LogP contribution in [0.3, 0.4) is 0 Å². The molecule has 0 spiro atoms. The van der Waals surface area contributed by atoms with Gasteiger partial charge in [-0.25, -0.2) is 9.97 Å². The molecular formula is C25H19ClF3N4O3+. The van der Waals surface area contributed by atoms with Crippen LogP contribution in [0.4, 0.5) is 19.0 Å². The third-order valence-corrected chi connectivity index (χ3v) is 6.87. The lowest BCUT2D eigenvalue weighted by Gasteiger charge is -2.19. The number of aromatic nitrogens is 3. The van der Waals surface area contributed by atoms with Gasteiger partial charge in [0.05, 0.1) is 27.2 Å². The number of imidazole rings is 1. The molecule has 184 valence electrons. The van der Waals surface area contributed by atoms with E-state index in [-0.39, 0.29) is 23.3 Å². The number of fused-ring (bicyclic) bond motifs is 2. The minimum absolute atomic E-state index is 0.0233. The molecule has 1 aliphatic heterocycles. The molecular weight excluding hydrogens is 497 g/mol. The topological polar surface area (TPSA) is 103 Å². The average Bonchev–Trinajstić information content (AvgIpc) is 3.51. The Morgan fingerprint density at radius 1 is 1.11 bits per heavy atom. The quantitative estimate of drug-likeness (QED) is 0.324. The molecule has 11 heteroatoms. The Kier molecular flexibility index (Phi) is 5.11. The molecule has 2 atom stereocenters. The molecule has 0 unspecified atom stereocenters. The Hall–Kier alpha value is -3.79. The van der Waals surface area contributed by atoms with Gasteiger partial charge >= 0.3 is 6.18 Å². The van der Waals surface area contributed by atoms with Crippen LogP contribution in [-0.2, 0) is 17.4 Å². The van der Waals surface area contributed by atoms with Crippen LogP contribution in [0.15, 0.2) is 42.6 Å². The monoisotopic (exact) mass is 515 g/mol. The number of anilines is 1. The minimum Gasteiger partial charge on any atom is -0.593 e. The van der Waals surface area contributed by atoms with Crippen molar-refractivity contribution >= 4 is 34.4 Å². The maximum Gasteiger partial charge on any atom is 0.417 e. The number of carbonyl (C=O) groups is 1. The van der Waals surface area contributed by atoms with Crippen LogP contribution < -0.4 is 10.1 Å². The fourth-order valence-electron chi connectivity index (χ4n) is 4.68. The summed E-state index contributed by atoms with van der Waals surface area (Å²) >= 11 is 5.84. The molecule has 2 aliphatic rings. The second-order valence-electron chi connectivity index (χ2n) is 8.95. The lowest BCUT2D eigenvalue weighted by molar-refractivity contribution is -0.137. The van der Waals surface area contributed by atoms with E-state index in [1.807, 2.05) is 6.07 Å². The first kappa shape index (κ1) is 22.7. The number of H-pyrrole nitrogens is 1. The number of aromatic amines is 1. The van der Waals surface area contributed by atoms with Gasteiger partial charge in [0.25, 0.3) is 5.75 Å². The number of rotatable bonds is 4. The lowest BCUT2D eigenvalue weighted by Crippen LogP contribution is -2.20. The molecule has 3 heterocycles. The molecule has 1 amide bonds. The van der Waals surface area contributed by atoms with Crippen LogP contribution in [0.1, 0.15) is 47.2 Å². The summed E-state index contributed by atoms with van der Waals surface area (Å²) in [4.78, 5) is 23.3. The molecule has 1 aliphatic carbocycles. The molecule has 0 saturated heterocycles. The predicted molar refractivity (Wildman–Crippen MR) is 127 cm³/mol. The summed E-state index contributed by atoms with van der Waals surface area (Å²) in [6, 6.07) is 9.11. The zero-order valence-electron chi connectivity index (χ0n) is 18.5. The number of nitrogens with one attached hydrogen (secondary N) is 2. The second kappa shape index (κ2) is 8.12. The SMILES string of the molecule is O=C1CCc2c(Oc3ccc([OH2+])c([C@H]4C[C@@H]4c4nc5cc(Cl)c(C(F)(F)F)cc5[nH]4)c3)ccnc2N1. The maximum atomic E-state index is 13.2. The van der Waals surface area contributed by atoms with Gasteiger partial charge in [0.2, 0.25) is 5.91 Å². The molecule has 36 heavy (non-hydrogen) atoms. The molecule has 0 bridgehead atoms. The highest BCUT2D eigenvalue weighted by atomic mass is 35.5. The minimum atomic E-state index is -4.56. The average molecular weight is 516 g/mol. The van der Waals surface area contributed by atoms with E-state index in [0.717, 1.165) is 17.2 Å². The van der Waals surface area contributed by atoms with Crippen LogP contribution in [0.2, 0.25) is 5.02 Å². The number of pyridine rings is 1. The molecule has 4 aromatic rings. The Morgan fingerprint density at radius 2 is 1.94 bits per heavy atom. The van der Waals surface area contributed by atoms with Gasteiger partial charge in [-0.05, 0) is 43.2 Å². The summed E-state index contributed by atoms with van der Waals surface area (Å²) in [6.45, 7) is 0. The van der Waals surface area contributed by atoms with Gasteiger partial charge in [0.15, 0.2) is 0 Å². The van der Waals surface area contributed by atoms with E-state index in [2.05, 4.69) is 20.3 Å². The summed E-state index contributed by atoms with van der Waals surface area (Å²) in [5.74, 6) is 2.36. The van der Waals surface area contributed by atoms with Crippen molar-refractivity contribution < 1.29 is 27.8 Å². The first-order valence-corrected chi connectivity index (χ1v) is 11.6. The summed E-state index contributed by atoms with van der Waals surface area (Å²) in [6.07, 6.45) is -1.42. The van der Waals surface area contributed by atoms with E-state index in [1.165, 1.54) is 6.07 Å². The zero-order valence-corrected chi connectivity index (χ0v) is 19.3. The van der Waals surface area contributed by atoms with Gasteiger partial charge in [-0.2, -0.15) is 13.2 Å². The number of ether oxygens (including phenoxy) is 1. The van der Waals surface area contributed by atoms with E-state index >= 15 is 0 Å². The third-order valence-electron chi connectivity index (χ3n) is 6.56. The van der Waals surface area contributed by atoms with Crippen molar-refractivity contribution in [2.45, 2.75) is 37.3 Å². The summed E-state index contributed by atoms with van der Waals surface area (Å²) < 4.78 is 45.8. The predicted octanol–water partition coefficient (Wildman–Crippen LogP) is 6.02. The Balaban J connectivity index is 1.26. The number of alkyl halides is 3. The van der Waals surface area contributed by atoms with Crippen molar-refractivity contribution in [3.63, 3.8) is 0 Å². The highest BCUT2D eigenvalue weighted by molar-refractivity contribution is 6.32. The molecule has 1 fully saturated rings. The van der Waals surface area contributed by atoms with E-state index in [0.29, 0.717) is 53.7 Å². The van der Waals surface area contributed by atoms with Gasteiger partial charge in [-0.15, -0.1) is 0 Å². The summed E-state index contributed by atoms with van der Waals surface area (Å²) in [5.41, 5.74) is 1.31. The van der Waals surface area contributed by atoms with E-state index in [4.69, 9.17) is 21.4 Å². The van der Waals surface area contributed by atoms with Crippen LogP contribution in [0, 0.1) is 0 Å². The first-order chi connectivity index (χ1) is 17.2. The second-order valence-corrected chi connectivity index (χ2v) is 9.36. The highest BCUT2D eigenvalue weighted by Crippen LogP contribution is 2.56. The van der Waals surface area contributed by atoms with Crippen LogP contribution in [0.5, 0.6) is 17.2 Å². The number of amides is 1. The lowest BCUT2D eigenvalue weighted by atomic mass is 10.1. The highest BCUT2D eigenvalue weighted by Gasteiger charge is 2.44. The van der Waals surface area contributed by atoms with Gasteiger partial charge in [0.1, 0.15) is 23.1 Å². The van der Waals surface area contributed by atoms with Crippen molar-refractivity contribution in [1.29, 1.82) is 0 Å². The molecule has 7 nitrogen and oxygen atoms in total. The summed E-state index contributed by atoms with van der Waals surface area (Å²) in [5, 5.41) is 10.7. The van der Waals surface area contributed by atoms with Crippen LogP contribution in [-0.4, -0.2) is 26.0 Å². The largest absolute Gasteiger partial charge is 0.593 e. The molecule has 2 aromatic heterocycles. The Bertz CT molecular complexity index is 1540. The van der Waals surface area contributed by atoms with Gasteiger partial charge in [-0.3, -0.25) is 4.79 Å². The van der Waals surface area contributed by atoms with Gasteiger partial charge < -0.3 is 20.1 Å². The third kappa shape index (κ3) is 4.01. The smallest absolute Gasteiger partial charge is 0.417 e. The van der Waals surface area contributed by atoms with Crippen molar-refractivity contribution in [3.8, 4) is 17.2 Å². The molecule has 2 aromatic carbocycles.